The van der Waals surface area contributed by atoms with E-state index < -0.39 is 0 Å². The number of benzene rings is 8. The molecule has 0 amide bonds. The number of anilines is 4. The van der Waals surface area contributed by atoms with Crippen LogP contribution in [0.15, 0.2) is 200 Å². The van der Waals surface area contributed by atoms with Crippen molar-refractivity contribution in [3.63, 3.8) is 0 Å². The third-order valence-corrected chi connectivity index (χ3v) is 11.0. The van der Waals surface area contributed by atoms with Crippen LogP contribution >= 0.6 is 0 Å². The first-order chi connectivity index (χ1) is 28.8. The summed E-state index contributed by atoms with van der Waals surface area (Å²) in [6.07, 6.45) is 8.98. The smallest absolute Gasteiger partial charge is 0.0540 e. The maximum Gasteiger partial charge on any atom is 0.0540 e. The Morgan fingerprint density at radius 2 is 0.898 bits per heavy atom. The van der Waals surface area contributed by atoms with E-state index in [1.54, 1.807) is 0 Å². The number of aryl methyl sites for hydroxylation is 3. The predicted molar refractivity (Wildman–Crippen MR) is 256 cm³/mol. The highest BCUT2D eigenvalue weighted by molar-refractivity contribution is 6.04. The van der Waals surface area contributed by atoms with Gasteiger partial charge < -0.3 is 9.80 Å². The second-order valence-electron chi connectivity index (χ2n) is 15.5. The Hall–Kier alpha value is -7.16. The molecule has 0 bridgehead atoms. The van der Waals surface area contributed by atoms with Crippen LogP contribution in [0, 0.1) is 20.8 Å². The summed E-state index contributed by atoms with van der Waals surface area (Å²) in [5.74, 6) is 0. The Labute approximate surface area is 350 Å². The molecule has 0 aliphatic rings. The number of rotatable bonds is 11. The summed E-state index contributed by atoms with van der Waals surface area (Å²) in [7, 11) is 4.21. The zero-order valence-corrected chi connectivity index (χ0v) is 34.6. The van der Waals surface area contributed by atoms with Crippen LogP contribution in [0.4, 0.5) is 22.7 Å². The molecule has 0 N–H and O–H groups in total. The Balaban J connectivity index is 1.23. The minimum atomic E-state index is 1.10. The van der Waals surface area contributed by atoms with Crippen molar-refractivity contribution in [1.29, 1.82) is 0 Å². The van der Waals surface area contributed by atoms with E-state index >= 15 is 0 Å². The van der Waals surface area contributed by atoms with Gasteiger partial charge in [-0.3, -0.25) is 0 Å². The van der Waals surface area contributed by atoms with Gasteiger partial charge in [-0.2, -0.15) is 0 Å². The largest absolute Gasteiger partial charge is 0.378 e. The van der Waals surface area contributed by atoms with Gasteiger partial charge in [-0.15, -0.1) is 0 Å². The van der Waals surface area contributed by atoms with Crippen LogP contribution in [0.5, 0.6) is 0 Å². The fourth-order valence-electron chi connectivity index (χ4n) is 7.61. The standard InChI is InChI=1S/C57H50N2/c1-41-19-27-48(28-20-41)55(49-29-21-42(2)22-30-49)39-44-25-34-51(35-26-44)59(50-32-23-43(3)24-33-50)57-38-31-47(56-40-52(58(4)5)36-37-54(56)57)17-12-18-53(45-13-8-6-9-14-45)46-15-10-7-11-16-46/h6-40H,1-5H3/b17-12+. The van der Waals surface area contributed by atoms with Crippen molar-refractivity contribution in [2.24, 2.45) is 0 Å². The van der Waals surface area contributed by atoms with E-state index in [1.807, 2.05) is 0 Å². The van der Waals surface area contributed by atoms with Gasteiger partial charge in [-0.1, -0.05) is 181 Å². The Kier molecular flexibility index (Phi) is 11.5. The van der Waals surface area contributed by atoms with Crippen LogP contribution in [-0.4, -0.2) is 14.1 Å². The Morgan fingerprint density at radius 1 is 0.424 bits per heavy atom. The summed E-state index contributed by atoms with van der Waals surface area (Å²) in [5.41, 5.74) is 17.7. The molecule has 0 aliphatic heterocycles. The van der Waals surface area contributed by atoms with Crippen molar-refractivity contribution >= 4 is 56.8 Å². The van der Waals surface area contributed by atoms with Crippen molar-refractivity contribution in [3.8, 4) is 0 Å². The molecule has 0 fully saturated rings. The summed E-state index contributed by atoms with van der Waals surface area (Å²) >= 11 is 0. The third-order valence-electron chi connectivity index (χ3n) is 11.0. The molecule has 0 unspecified atom stereocenters. The average Bonchev–Trinajstić information content (AvgIpc) is 3.27. The van der Waals surface area contributed by atoms with Gasteiger partial charge in [0.15, 0.2) is 0 Å². The second-order valence-corrected chi connectivity index (χ2v) is 15.5. The van der Waals surface area contributed by atoms with Gasteiger partial charge in [-0.25, -0.2) is 0 Å². The number of allylic oxidation sites excluding steroid dienone is 2. The normalized spacial score (nSPS) is 11.1. The molecule has 0 aromatic heterocycles. The summed E-state index contributed by atoms with van der Waals surface area (Å²) < 4.78 is 0. The molecule has 0 saturated heterocycles. The average molecular weight is 763 g/mol. The summed E-state index contributed by atoms with van der Waals surface area (Å²) in [6.45, 7) is 6.42. The molecule has 8 rings (SSSR count). The van der Waals surface area contributed by atoms with E-state index in [1.165, 1.54) is 60.9 Å². The van der Waals surface area contributed by atoms with E-state index in [2.05, 4.69) is 257 Å². The van der Waals surface area contributed by atoms with Crippen molar-refractivity contribution in [1.82, 2.24) is 0 Å². The van der Waals surface area contributed by atoms with Crippen LogP contribution in [0.25, 0.3) is 34.1 Å². The molecular weight excluding hydrogens is 713 g/mol. The molecule has 0 atom stereocenters. The van der Waals surface area contributed by atoms with E-state index in [4.69, 9.17) is 0 Å². The van der Waals surface area contributed by atoms with Crippen molar-refractivity contribution in [3.05, 3.63) is 250 Å². The lowest BCUT2D eigenvalue weighted by molar-refractivity contribution is 1.13. The molecular formula is C57H50N2. The van der Waals surface area contributed by atoms with Gasteiger partial charge >= 0.3 is 0 Å². The van der Waals surface area contributed by atoms with Gasteiger partial charge in [0.1, 0.15) is 0 Å². The van der Waals surface area contributed by atoms with Gasteiger partial charge in [0.05, 0.1) is 5.69 Å². The summed E-state index contributed by atoms with van der Waals surface area (Å²) in [4.78, 5) is 4.57. The van der Waals surface area contributed by atoms with E-state index in [-0.39, 0.29) is 0 Å². The van der Waals surface area contributed by atoms with Gasteiger partial charge in [0.25, 0.3) is 0 Å². The fraction of sp³-hybridized carbons (Fsp3) is 0.0877. The lowest BCUT2D eigenvalue weighted by atomic mass is 9.94. The maximum atomic E-state index is 2.39. The molecule has 288 valence electrons. The minimum Gasteiger partial charge on any atom is -0.378 e. The minimum absolute atomic E-state index is 1.10. The molecule has 8 aromatic carbocycles. The molecule has 2 nitrogen and oxygen atoms in total. The van der Waals surface area contributed by atoms with Gasteiger partial charge in [0.2, 0.25) is 0 Å². The fourth-order valence-corrected chi connectivity index (χ4v) is 7.61. The number of hydrogen-bond acceptors (Lipinski definition) is 2. The molecule has 59 heavy (non-hydrogen) atoms. The molecule has 0 aliphatic carbocycles. The molecule has 0 saturated carbocycles. The lowest BCUT2D eigenvalue weighted by Gasteiger charge is -2.28. The van der Waals surface area contributed by atoms with Crippen molar-refractivity contribution in [2.75, 3.05) is 23.9 Å². The summed E-state index contributed by atoms with van der Waals surface area (Å²) in [6, 6.07) is 68.1. The van der Waals surface area contributed by atoms with Crippen LogP contribution in [0.2, 0.25) is 0 Å². The van der Waals surface area contributed by atoms with Crippen molar-refractivity contribution in [2.45, 2.75) is 20.8 Å². The first-order valence-electron chi connectivity index (χ1n) is 20.4. The number of nitrogens with zero attached hydrogens (tertiary/aromatic N) is 2. The Morgan fingerprint density at radius 3 is 1.42 bits per heavy atom. The SMILES string of the molecule is Cc1ccc(C(=Cc2ccc(N(c3ccc(C)cc3)c3ccc(/C=C/C=C(c4ccccc4)c4ccccc4)c4cc(N(C)C)ccc34)cc2)c2ccc(C)cc2)cc1. The zero-order valence-electron chi connectivity index (χ0n) is 34.6. The molecule has 0 spiro atoms. The topological polar surface area (TPSA) is 6.48 Å². The number of hydrogen-bond donors (Lipinski definition) is 0. The third kappa shape index (κ3) is 8.88. The van der Waals surface area contributed by atoms with Crippen LogP contribution in [-0.2, 0) is 0 Å². The zero-order chi connectivity index (χ0) is 40.7. The van der Waals surface area contributed by atoms with E-state index in [9.17, 15) is 0 Å². The lowest BCUT2D eigenvalue weighted by Crippen LogP contribution is -2.11. The monoisotopic (exact) mass is 762 g/mol. The molecule has 2 heteroatoms. The Bertz CT molecular complexity index is 2670. The second kappa shape index (κ2) is 17.5. The molecule has 8 aromatic rings. The van der Waals surface area contributed by atoms with E-state index in [0.717, 1.165) is 33.9 Å². The molecule has 0 heterocycles. The van der Waals surface area contributed by atoms with Crippen LogP contribution in [0.3, 0.4) is 0 Å². The quantitative estimate of drug-likeness (QED) is 0.0956. The first kappa shape index (κ1) is 38.7. The van der Waals surface area contributed by atoms with Crippen LogP contribution < -0.4 is 9.80 Å². The first-order valence-corrected chi connectivity index (χ1v) is 20.4. The maximum absolute atomic E-state index is 2.39. The highest BCUT2D eigenvalue weighted by Crippen LogP contribution is 2.41. The predicted octanol–water partition coefficient (Wildman–Crippen LogP) is 15.0. The van der Waals surface area contributed by atoms with Crippen LogP contribution in [0.1, 0.15) is 50.1 Å². The van der Waals surface area contributed by atoms with Crippen molar-refractivity contribution < 1.29 is 0 Å². The highest BCUT2D eigenvalue weighted by atomic mass is 15.1. The van der Waals surface area contributed by atoms with Gasteiger partial charge in [-0.05, 0) is 119 Å². The van der Waals surface area contributed by atoms with E-state index in [0.29, 0.717) is 0 Å². The molecule has 0 radical (unpaired) electrons. The van der Waals surface area contributed by atoms with Gasteiger partial charge in [0, 0.05) is 36.5 Å². The summed E-state index contributed by atoms with van der Waals surface area (Å²) in [5, 5.41) is 2.37. The number of fused-ring (bicyclic) bond motifs is 1. The highest BCUT2D eigenvalue weighted by Gasteiger charge is 2.18.